The third kappa shape index (κ3) is 6.69. The minimum atomic E-state index is -0.402. The van der Waals surface area contributed by atoms with Gasteiger partial charge in [0.25, 0.3) is 5.69 Å². The lowest BCUT2D eigenvalue weighted by molar-refractivity contribution is -0.384. The molecule has 7 heteroatoms. The van der Waals surface area contributed by atoms with Crippen molar-refractivity contribution in [3.8, 4) is 0 Å². The molecule has 2 aromatic rings. The van der Waals surface area contributed by atoms with E-state index in [1.807, 2.05) is 19.1 Å². The van der Waals surface area contributed by atoms with Gasteiger partial charge >= 0.3 is 0 Å². The summed E-state index contributed by atoms with van der Waals surface area (Å²) in [5, 5.41) is 17.2. The van der Waals surface area contributed by atoms with Gasteiger partial charge in [0.2, 0.25) is 0 Å². The van der Waals surface area contributed by atoms with E-state index < -0.39 is 4.92 Å². The number of aliphatic imine (C=N–C) groups is 1. The maximum absolute atomic E-state index is 10.7. The summed E-state index contributed by atoms with van der Waals surface area (Å²) in [5.74, 6) is 0.721. The Kier molecular flexibility index (Phi) is 8.90. The molecule has 134 valence electrons. The standard InChI is InChI=1S/C18H22N4O2.HI/c1-3-19-18(21-13-16-7-5-4-6-14(16)2)20-12-15-8-10-17(11-9-15)22(23)24;/h4-11H,3,12-13H2,1-2H3,(H2,19,20,21);1H. The number of non-ortho nitro benzene ring substituents is 1. The van der Waals surface area contributed by atoms with Crippen LogP contribution < -0.4 is 10.6 Å². The quantitative estimate of drug-likeness (QED) is 0.229. The van der Waals surface area contributed by atoms with Gasteiger partial charge in [-0.1, -0.05) is 36.4 Å². The van der Waals surface area contributed by atoms with Crippen molar-refractivity contribution < 1.29 is 4.92 Å². The third-order valence-electron chi connectivity index (χ3n) is 3.62. The van der Waals surface area contributed by atoms with E-state index in [4.69, 9.17) is 0 Å². The number of hydrogen-bond acceptors (Lipinski definition) is 3. The van der Waals surface area contributed by atoms with Crippen LogP contribution in [0.15, 0.2) is 53.5 Å². The van der Waals surface area contributed by atoms with E-state index in [1.165, 1.54) is 23.3 Å². The number of guanidine groups is 1. The summed E-state index contributed by atoms with van der Waals surface area (Å²) in [4.78, 5) is 14.8. The summed E-state index contributed by atoms with van der Waals surface area (Å²) in [6, 6.07) is 14.7. The van der Waals surface area contributed by atoms with Gasteiger partial charge in [-0.15, -0.1) is 24.0 Å². The molecule has 0 unspecified atom stereocenters. The average molecular weight is 454 g/mol. The zero-order valence-corrected chi connectivity index (χ0v) is 16.7. The molecule has 6 nitrogen and oxygen atoms in total. The minimum Gasteiger partial charge on any atom is -0.357 e. The second-order valence-electron chi connectivity index (χ2n) is 5.40. The summed E-state index contributed by atoms with van der Waals surface area (Å²) in [6.07, 6.45) is 0. The van der Waals surface area contributed by atoms with E-state index in [0.29, 0.717) is 13.1 Å². The fraction of sp³-hybridized carbons (Fsp3) is 0.278. The lowest BCUT2D eigenvalue weighted by atomic mass is 10.1. The molecule has 0 fully saturated rings. The van der Waals surface area contributed by atoms with Crippen molar-refractivity contribution >= 4 is 35.6 Å². The van der Waals surface area contributed by atoms with Gasteiger partial charge in [-0.3, -0.25) is 10.1 Å². The molecule has 0 aliphatic rings. The van der Waals surface area contributed by atoms with Gasteiger partial charge in [0.05, 0.1) is 11.5 Å². The molecular weight excluding hydrogens is 431 g/mol. The molecule has 0 saturated heterocycles. The molecule has 0 spiro atoms. The van der Waals surface area contributed by atoms with Gasteiger partial charge in [-0.05, 0) is 30.5 Å². The summed E-state index contributed by atoms with van der Waals surface area (Å²) >= 11 is 0. The lowest BCUT2D eigenvalue weighted by Crippen LogP contribution is -2.36. The minimum absolute atomic E-state index is 0. The van der Waals surface area contributed by atoms with Crippen LogP contribution in [-0.4, -0.2) is 17.4 Å². The highest BCUT2D eigenvalue weighted by Gasteiger charge is 2.04. The Morgan fingerprint density at radius 1 is 1.12 bits per heavy atom. The average Bonchev–Trinajstić information content (AvgIpc) is 2.59. The van der Waals surface area contributed by atoms with E-state index in [9.17, 15) is 10.1 Å². The zero-order valence-electron chi connectivity index (χ0n) is 14.4. The van der Waals surface area contributed by atoms with Crippen LogP contribution in [0.2, 0.25) is 0 Å². The Hall–Kier alpha value is -2.16. The maximum Gasteiger partial charge on any atom is 0.269 e. The summed E-state index contributed by atoms with van der Waals surface area (Å²) in [6.45, 7) is 6.01. The van der Waals surface area contributed by atoms with Crippen LogP contribution in [-0.2, 0) is 13.1 Å². The number of benzene rings is 2. The van der Waals surface area contributed by atoms with Crippen LogP contribution in [0.3, 0.4) is 0 Å². The van der Waals surface area contributed by atoms with Gasteiger partial charge in [0, 0.05) is 25.2 Å². The van der Waals surface area contributed by atoms with E-state index >= 15 is 0 Å². The van der Waals surface area contributed by atoms with Crippen molar-refractivity contribution in [3.63, 3.8) is 0 Å². The molecule has 0 saturated carbocycles. The fourth-order valence-electron chi connectivity index (χ4n) is 2.22. The van der Waals surface area contributed by atoms with Crippen LogP contribution in [0.25, 0.3) is 0 Å². The molecule has 2 N–H and O–H groups in total. The molecule has 0 aliphatic carbocycles. The molecule has 0 aromatic heterocycles. The summed E-state index contributed by atoms with van der Waals surface area (Å²) in [7, 11) is 0. The van der Waals surface area contributed by atoms with Crippen LogP contribution in [0.4, 0.5) is 5.69 Å². The summed E-state index contributed by atoms with van der Waals surface area (Å²) < 4.78 is 0. The van der Waals surface area contributed by atoms with Gasteiger partial charge < -0.3 is 10.6 Å². The molecule has 0 amide bonds. The predicted molar refractivity (Wildman–Crippen MR) is 111 cm³/mol. The second-order valence-corrected chi connectivity index (χ2v) is 5.40. The van der Waals surface area contributed by atoms with Crippen molar-refractivity contribution in [2.75, 3.05) is 6.54 Å². The van der Waals surface area contributed by atoms with E-state index in [1.54, 1.807) is 12.1 Å². The first kappa shape index (κ1) is 20.9. The monoisotopic (exact) mass is 454 g/mol. The Balaban J connectivity index is 0.00000312. The molecule has 2 rings (SSSR count). The number of nitro groups is 1. The van der Waals surface area contributed by atoms with Crippen LogP contribution >= 0.6 is 24.0 Å². The highest BCUT2D eigenvalue weighted by Crippen LogP contribution is 2.12. The van der Waals surface area contributed by atoms with Crippen molar-refractivity contribution in [2.45, 2.75) is 26.9 Å². The molecule has 0 atom stereocenters. The molecule has 2 aromatic carbocycles. The predicted octanol–water partition coefficient (Wildman–Crippen LogP) is 3.78. The highest BCUT2D eigenvalue weighted by molar-refractivity contribution is 14.0. The van der Waals surface area contributed by atoms with Gasteiger partial charge in [-0.25, -0.2) is 4.99 Å². The number of rotatable bonds is 6. The number of hydrogen-bond donors (Lipinski definition) is 2. The Bertz CT molecular complexity index is 717. The van der Waals surface area contributed by atoms with Crippen LogP contribution in [0.5, 0.6) is 0 Å². The van der Waals surface area contributed by atoms with Crippen molar-refractivity contribution in [2.24, 2.45) is 4.99 Å². The van der Waals surface area contributed by atoms with Crippen molar-refractivity contribution in [3.05, 3.63) is 75.3 Å². The largest absolute Gasteiger partial charge is 0.357 e. The molecule has 0 radical (unpaired) electrons. The number of nitrogens with zero attached hydrogens (tertiary/aromatic N) is 2. The van der Waals surface area contributed by atoms with Crippen LogP contribution in [0, 0.1) is 17.0 Å². The fourth-order valence-corrected chi connectivity index (χ4v) is 2.22. The normalized spacial score (nSPS) is 10.7. The zero-order chi connectivity index (χ0) is 17.4. The molecular formula is C18H23IN4O2. The van der Waals surface area contributed by atoms with E-state index in [0.717, 1.165) is 18.1 Å². The number of halogens is 1. The smallest absolute Gasteiger partial charge is 0.269 e. The number of nitrogens with one attached hydrogen (secondary N) is 2. The van der Waals surface area contributed by atoms with Gasteiger partial charge in [0.1, 0.15) is 0 Å². The summed E-state index contributed by atoms with van der Waals surface area (Å²) in [5.41, 5.74) is 3.47. The topological polar surface area (TPSA) is 79.6 Å². The number of aryl methyl sites for hydroxylation is 1. The number of nitro benzene ring substituents is 1. The Morgan fingerprint density at radius 3 is 2.40 bits per heavy atom. The molecule has 0 heterocycles. The van der Waals surface area contributed by atoms with Gasteiger partial charge in [-0.2, -0.15) is 0 Å². The van der Waals surface area contributed by atoms with E-state index in [2.05, 4.69) is 34.7 Å². The van der Waals surface area contributed by atoms with E-state index in [-0.39, 0.29) is 29.7 Å². The first-order chi connectivity index (χ1) is 11.6. The third-order valence-corrected chi connectivity index (χ3v) is 3.62. The molecule has 25 heavy (non-hydrogen) atoms. The van der Waals surface area contributed by atoms with Crippen molar-refractivity contribution in [1.82, 2.24) is 10.6 Å². The molecule has 0 aliphatic heterocycles. The second kappa shape index (κ2) is 10.7. The Morgan fingerprint density at radius 2 is 1.80 bits per heavy atom. The Labute approximate surface area is 164 Å². The van der Waals surface area contributed by atoms with Gasteiger partial charge in [0.15, 0.2) is 5.96 Å². The maximum atomic E-state index is 10.7. The van der Waals surface area contributed by atoms with Crippen molar-refractivity contribution in [1.29, 1.82) is 0 Å². The lowest BCUT2D eigenvalue weighted by Gasteiger charge is -2.12. The first-order valence-electron chi connectivity index (χ1n) is 7.90. The SMILES string of the molecule is CCNC(=NCc1ccc([N+](=O)[O-])cc1)NCc1ccccc1C.I. The van der Waals surface area contributed by atoms with Crippen LogP contribution in [0.1, 0.15) is 23.6 Å². The first-order valence-corrected chi connectivity index (χ1v) is 7.90. The highest BCUT2D eigenvalue weighted by atomic mass is 127. The molecule has 0 bridgehead atoms.